The zero-order valence-electron chi connectivity index (χ0n) is 10.1. The van der Waals surface area contributed by atoms with Gasteiger partial charge in [-0.1, -0.05) is 12.8 Å². The predicted octanol–water partition coefficient (Wildman–Crippen LogP) is 0.961. The molecule has 2 amide bonds. The van der Waals surface area contributed by atoms with Crippen LogP contribution in [0.1, 0.15) is 44.9 Å². The molecule has 2 aliphatic carbocycles. The summed E-state index contributed by atoms with van der Waals surface area (Å²) in [5.74, 6) is 0.887. The van der Waals surface area contributed by atoms with E-state index in [-0.39, 0.29) is 23.3 Å². The van der Waals surface area contributed by atoms with Gasteiger partial charge in [0.25, 0.3) is 0 Å². The lowest BCUT2D eigenvalue weighted by Gasteiger charge is -2.50. The standard InChI is InChI=1S/C13H20N2O2/c16-11-7-10(8-14-11)15-12(17)13(5-2-6-13)9-3-1-4-9/h9-10H,1-8H2,(H,14,16)(H,15,17)/t10-/m0/s1. The average Bonchev–Trinajstić information content (AvgIpc) is 2.53. The molecule has 4 heteroatoms. The van der Waals surface area contributed by atoms with Crippen LogP contribution in [-0.2, 0) is 9.59 Å². The number of rotatable bonds is 3. The molecule has 0 spiro atoms. The zero-order valence-corrected chi connectivity index (χ0v) is 10.1. The number of carbonyl (C=O) groups excluding carboxylic acids is 2. The normalized spacial score (nSPS) is 31.3. The van der Waals surface area contributed by atoms with Crippen molar-refractivity contribution in [2.24, 2.45) is 11.3 Å². The summed E-state index contributed by atoms with van der Waals surface area (Å²) in [7, 11) is 0. The van der Waals surface area contributed by atoms with E-state index in [1.54, 1.807) is 0 Å². The largest absolute Gasteiger partial charge is 0.354 e. The summed E-state index contributed by atoms with van der Waals surface area (Å²) in [6.07, 6.45) is 7.46. The first-order valence-electron chi connectivity index (χ1n) is 6.78. The van der Waals surface area contributed by atoms with E-state index in [0.29, 0.717) is 18.9 Å². The molecule has 0 bridgehead atoms. The van der Waals surface area contributed by atoms with Crippen LogP contribution in [0.25, 0.3) is 0 Å². The van der Waals surface area contributed by atoms with Crippen LogP contribution in [-0.4, -0.2) is 24.4 Å². The molecule has 1 saturated heterocycles. The SMILES string of the molecule is O=C1C[C@H](NC(=O)C2(C3CCC3)CCC2)CN1. The second-order valence-electron chi connectivity index (χ2n) is 5.82. The fraction of sp³-hybridized carbons (Fsp3) is 0.846. The smallest absolute Gasteiger partial charge is 0.226 e. The Bertz CT molecular complexity index is 345. The summed E-state index contributed by atoms with van der Waals surface area (Å²) >= 11 is 0. The highest BCUT2D eigenvalue weighted by Crippen LogP contribution is 2.54. The minimum Gasteiger partial charge on any atom is -0.354 e. The highest BCUT2D eigenvalue weighted by atomic mass is 16.2. The van der Waals surface area contributed by atoms with E-state index >= 15 is 0 Å². The Kier molecular flexibility index (Phi) is 2.60. The van der Waals surface area contributed by atoms with Gasteiger partial charge >= 0.3 is 0 Å². The summed E-state index contributed by atoms with van der Waals surface area (Å²) < 4.78 is 0. The molecule has 0 unspecified atom stereocenters. The molecule has 3 aliphatic rings. The Morgan fingerprint density at radius 3 is 2.47 bits per heavy atom. The predicted molar refractivity (Wildman–Crippen MR) is 63.2 cm³/mol. The highest BCUT2D eigenvalue weighted by Gasteiger charge is 2.52. The Labute approximate surface area is 102 Å². The third-order valence-electron chi connectivity index (χ3n) is 4.90. The van der Waals surface area contributed by atoms with Gasteiger partial charge in [-0.25, -0.2) is 0 Å². The van der Waals surface area contributed by atoms with E-state index < -0.39 is 0 Å². The molecule has 1 atom stereocenters. The van der Waals surface area contributed by atoms with Crippen molar-refractivity contribution in [3.05, 3.63) is 0 Å². The maximum atomic E-state index is 12.4. The van der Waals surface area contributed by atoms with E-state index in [1.807, 2.05) is 0 Å². The second kappa shape index (κ2) is 4.00. The van der Waals surface area contributed by atoms with Crippen molar-refractivity contribution >= 4 is 11.8 Å². The van der Waals surface area contributed by atoms with Gasteiger partial charge in [0.1, 0.15) is 0 Å². The molecule has 3 fully saturated rings. The van der Waals surface area contributed by atoms with Gasteiger partial charge in [0.2, 0.25) is 11.8 Å². The number of amides is 2. The van der Waals surface area contributed by atoms with Crippen LogP contribution < -0.4 is 10.6 Å². The first kappa shape index (κ1) is 11.1. The molecule has 0 aromatic carbocycles. The molecule has 17 heavy (non-hydrogen) atoms. The number of hydrogen-bond acceptors (Lipinski definition) is 2. The molecule has 0 aromatic rings. The Morgan fingerprint density at radius 1 is 1.29 bits per heavy atom. The lowest BCUT2D eigenvalue weighted by Crippen LogP contribution is -2.54. The average molecular weight is 236 g/mol. The third-order valence-corrected chi connectivity index (χ3v) is 4.90. The monoisotopic (exact) mass is 236 g/mol. The van der Waals surface area contributed by atoms with Crippen molar-refractivity contribution < 1.29 is 9.59 Å². The minimum atomic E-state index is -0.0656. The molecule has 2 saturated carbocycles. The fourth-order valence-electron chi connectivity index (χ4n) is 3.38. The van der Waals surface area contributed by atoms with Crippen LogP contribution in [0.5, 0.6) is 0 Å². The van der Waals surface area contributed by atoms with E-state index in [0.717, 1.165) is 12.8 Å². The van der Waals surface area contributed by atoms with Gasteiger partial charge < -0.3 is 10.6 Å². The topological polar surface area (TPSA) is 58.2 Å². The summed E-state index contributed by atoms with van der Waals surface area (Å²) in [5.41, 5.74) is -0.0656. The van der Waals surface area contributed by atoms with Crippen LogP contribution in [0.2, 0.25) is 0 Å². The Hall–Kier alpha value is -1.06. The molecule has 3 rings (SSSR count). The molecule has 0 aromatic heterocycles. The van der Waals surface area contributed by atoms with E-state index in [2.05, 4.69) is 10.6 Å². The lowest BCUT2D eigenvalue weighted by molar-refractivity contribution is -0.145. The maximum Gasteiger partial charge on any atom is 0.226 e. The van der Waals surface area contributed by atoms with Crippen molar-refractivity contribution in [2.75, 3.05) is 6.54 Å². The van der Waals surface area contributed by atoms with Crippen LogP contribution in [0.15, 0.2) is 0 Å². The molecule has 2 N–H and O–H groups in total. The van der Waals surface area contributed by atoms with Crippen molar-refractivity contribution in [3.63, 3.8) is 0 Å². The van der Waals surface area contributed by atoms with Gasteiger partial charge in [-0.3, -0.25) is 9.59 Å². The number of hydrogen-bond donors (Lipinski definition) is 2. The van der Waals surface area contributed by atoms with E-state index in [4.69, 9.17) is 0 Å². The van der Waals surface area contributed by atoms with Crippen LogP contribution in [0, 0.1) is 11.3 Å². The van der Waals surface area contributed by atoms with Gasteiger partial charge in [0.05, 0.1) is 11.5 Å². The van der Waals surface area contributed by atoms with E-state index in [9.17, 15) is 9.59 Å². The molecule has 0 radical (unpaired) electrons. The molecule has 1 aliphatic heterocycles. The maximum absolute atomic E-state index is 12.4. The van der Waals surface area contributed by atoms with Gasteiger partial charge in [0.15, 0.2) is 0 Å². The fourth-order valence-corrected chi connectivity index (χ4v) is 3.38. The highest BCUT2D eigenvalue weighted by molar-refractivity contribution is 5.86. The molecule has 4 nitrogen and oxygen atoms in total. The molecular formula is C13H20N2O2. The quantitative estimate of drug-likeness (QED) is 0.767. The minimum absolute atomic E-state index is 0.0209. The zero-order chi connectivity index (χ0) is 11.9. The Balaban J connectivity index is 1.62. The summed E-state index contributed by atoms with van der Waals surface area (Å²) in [6, 6.07) is 0.0209. The third kappa shape index (κ3) is 1.74. The first-order valence-corrected chi connectivity index (χ1v) is 6.78. The molecule has 1 heterocycles. The summed E-state index contributed by atoms with van der Waals surface area (Å²) in [5, 5.41) is 5.84. The van der Waals surface area contributed by atoms with Crippen molar-refractivity contribution in [1.29, 1.82) is 0 Å². The molecular weight excluding hydrogens is 216 g/mol. The number of carbonyl (C=O) groups is 2. The van der Waals surface area contributed by atoms with Crippen molar-refractivity contribution in [1.82, 2.24) is 10.6 Å². The van der Waals surface area contributed by atoms with Gasteiger partial charge in [-0.2, -0.15) is 0 Å². The first-order chi connectivity index (χ1) is 8.21. The second-order valence-corrected chi connectivity index (χ2v) is 5.82. The van der Waals surface area contributed by atoms with Gasteiger partial charge in [-0.15, -0.1) is 0 Å². The van der Waals surface area contributed by atoms with Gasteiger partial charge in [-0.05, 0) is 31.6 Å². The number of nitrogens with one attached hydrogen (secondary N) is 2. The summed E-state index contributed by atoms with van der Waals surface area (Å²) in [4.78, 5) is 23.5. The molecule has 94 valence electrons. The Morgan fingerprint density at radius 2 is 2.06 bits per heavy atom. The van der Waals surface area contributed by atoms with Crippen LogP contribution in [0.4, 0.5) is 0 Å². The van der Waals surface area contributed by atoms with Crippen LogP contribution >= 0.6 is 0 Å². The lowest BCUT2D eigenvalue weighted by atomic mass is 9.54. The van der Waals surface area contributed by atoms with Crippen LogP contribution in [0.3, 0.4) is 0 Å². The van der Waals surface area contributed by atoms with Gasteiger partial charge in [0, 0.05) is 13.0 Å². The summed E-state index contributed by atoms with van der Waals surface area (Å²) in [6.45, 7) is 0.602. The van der Waals surface area contributed by atoms with Crippen molar-refractivity contribution in [2.45, 2.75) is 51.0 Å². The van der Waals surface area contributed by atoms with Crippen molar-refractivity contribution in [3.8, 4) is 0 Å². The van der Waals surface area contributed by atoms with E-state index in [1.165, 1.54) is 25.7 Å².